The number of amides is 1. The average Bonchev–Trinajstić information content (AvgIpc) is 2.38. The monoisotopic (exact) mass is 296 g/mol. The van der Waals surface area contributed by atoms with Crippen LogP contribution in [0.2, 0.25) is 0 Å². The van der Waals surface area contributed by atoms with Gasteiger partial charge >= 0.3 is 0 Å². The van der Waals surface area contributed by atoms with Crippen molar-refractivity contribution < 1.29 is 13.2 Å². The van der Waals surface area contributed by atoms with E-state index in [4.69, 9.17) is 5.73 Å². The molecule has 6 heteroatoms. The van der Waals surface area contributed by atoms with Crippen molar-refractivity contribution in [1.82, 2.24) is 5.32 Å². The van der Waals surface area contributed by atoms with E-state index in [2.05, 4.69) is 5.32 Å². The fraction of sp³-hybridized carbons (Fsp3) is 0.500. The van der Waals surface area contributed by atoms with E-state index in [1.807, 2.05) is 30.3 Å². The lowest BCUT2D eigenvalue weighted by atomic mass is 10.1. The second-order valence-corrected chi connectivity index (χ2v) is 7.49. The molecule has 1 fully saturated rings. The second-order valence-electron chi connectivity index (χ2n) is 5.26. The van der Waals surface area contributed by atoms with Crippen molar-refractivity contribution in [3.63, 3.8) is 0 Å². The summed E-state index contributed by atoms with van der Waals surface area (Å²) in [5, 5.41) is 2.75. The minimum Gasteiger partial charge on any atom is -0.351 e. The first kappa shape index (κ1) is 15.0. The van der Waals surface area contributed by atoms with Crippen molar-refractivity contribution in [2.24, 2.45) is 5.73 Å². The van der Waals surface area contributed by atoms with Crippen LogP contribution in [-0.2, 0) is 21.1 Å². The van der Waals surface area contributed by atoms with E-state index in [1.54, 1.807) is 0 Å². The molecule has 0 aliphatic carbocycles. The fourth-order valence-corrected chi connectivity index (χ4v) is 4.04. The lowest BCUT2D eigenvalue weighted by Crippen LogP contribution is -2.50. The predicted molar refractivity (Wildman–Crippen MR) is 77.9 cm³/mol. The Kier molecular flexibility index (Phi) is 4.77. The van der Waals surface area contributed by atoms with Crippen LogP contribution in [0.3, 0.4) is 0 Å². The minimum absolute atomic E-state index is 0.0246. The van der Waals surface area contributed by atoms with E-state index in [0.29, 0.717) is 19.3 Å². The Balaban J connectivity index is 1.88. The lowest BCUT2D eigenvalue weighted by molar-refractivity contribution is -0.122. The third kappa shape index (κ3) is 4.31. The topological polar surface area (TPSA) is 89.3 Å². The van der Waals surface area contributed by atoms with Crippen molar-refractivity contribution in [3.05, 3.63) is 35.9 Å². The van der Waals surface area contributed by atoms with E-state index < -0.39 is 15.9 Å². The Morgan fingerprint density at radius 3 is 2.70 bits per heavy atom. The summed E-state index contributed by atoms with van der Waals surface area (Å²) in [7, 11) is -3.02. The molecule has 20 heavy (non-hydrogen) atoms. The molecule has 1 aromatic carbocycles. The van der Waals surface area contributed by atoms with Gasteiger partial charge in [-0.15, -0.1) is 0 Å². The third-order valence-electron chi connectivity index (χ3n) is 3.44. The maximum Gasteiger partial charge on any atom is 0.237 e. The average molecular weight is 296 g/mol. The zero-order valence-electron chi connectivity index (χ0n) is 11.3. The molecule has 1 unspecified atom stereocenters. The van der Waals surface area contributed by atoms with Crippen molar-refractivity contribution in [2.45, 2.75) is 31.3 Å². The Morgan fingerprint density at radius 2 is 2.05 bits per heavy atom. The second kappa shape index (κ2) is 6.37. The number of nitrogens with two attached hydrogens (primary N) is 1. The van der Waals surface area contributed by atoms with Crippen LogP contribution in [0.1, 0.15) is 18.4 Å². The highest BCUT2D eigenvalue weighted by Crippen LogP contribution is 2.12. The van der Waals surface area contributed by atoms with Gasteiger partial charge in [0.1, 0.15) is 0 Å². The van der Waals surface area contributed by atoms with Crippen molar-refractivity contribution in [3.8, 4) is 0 Å². The molecule has 5 nitrogen and oxygen atoms in total. The molecule has 1 aromatic rings. The normalized spacial score (nSPS) is 22.9. The summed E-state index contributed by atoms with van der Waals surface area (Å²) in [5.74, 6) is -0.0392. The first-order chi connectivity index (χ1) is 9.46. The summed E-state index contributed by atoms with van der Waals surface area (Å²) in [4.78, 5) is 12.0. The van der Waals surface area contributed by atoms with Gasteiger partial charge in [0.25, 0.3) is 0 Å². The van der Waals surface area contributed by atoms with E-state index >= 15 is 0 Å². The van der Waals surface area contributed by atoms with Crippen molar-refractivity contribution >= 4 is 15.7 Å². The van der Waals surface area contributed by atoms with E-state index in [0.717, 1.165) is 5.56 Å². The zero-order valence-corrected chi connectivity index (χ0v) is 12.1. The molecule has 2 rings (SSSR count). The number of carbonyl (C=O) groups excluding carboxylic acids is 1. The number of carbonyl (C=O) groups is 1. The minimum atomic E-state index is -3.02. The van der Waals surface area contributed by atoms with Gasteiger partial charge in [0.2, 0.25) is 5.91 Å². The Morgan fingerprint density at radius 1 is 1.35 bits per heavy atom. The number of nitrogens with one attached hydrogen (secondary N) is 1. The predicted octanol–water partition coefficient (Wildman–Crippen LogP) is 0.250. The Bertz CT molecular complexity index is 557. The molecular formula is C14H20N2O3S. The number of rotatable bonds is 4. The molecule has 0 radical (unpaired) electrons. The van der Waals surface area contributed by atoms with Crippen molar-refractivity contribution in [2.75, 3.05) is 11.5 Å². The summed E-state index contributed by atoms with van der Waals surface area (Å²) in [6.45, 7) is 0. The molecule has 0 aromatic heterocycles. The number of sulfone groups is 1. The number of hydrogen-bond acceptors (Lipinski definition) is 4. The quantitative estimate of drug-likeness (QED) is 0.833. The van der Waals surface area contributed by atoms with Crippen LogP contribution >= 0.6 is 0 Å². The summed E-state index contributed by atoms with van der Waals surface area (Å²) in [5.41, 5.74) is 6.86. The van der Waals surface area contributed by atoms with Gasteiger partial charge in [-0.3, -0.25) is 4.79 Å². The largest absolute Gasteiger partial charge is 0.351 e. The lowest BCUT2D eigenvalue weighted by Gasteiger charge is -2.24. The molecule has 0 saturated carbocycles. The molecule has 2 atom stereocenters. The first-order valence-electron chi connectivity index (χ1n) is 6.76. The summed E-state index contributed by atoms with van der Waals surface area (Å²) >= 11 is 0. The van der Waals surface area contributed by atoms with Crippen LogP contribution in [0.5, 0.6) is 0 Å². The van der Waals surface area contributed by atoms with E-state index in [9.17, 15) is 13.2 Å². The number of hydrogen-bond donors (Lipinski definition) is 2. The van der Waals surface area contributed by atoms with Gasteiger partial charge in [-0.1, -0.05) is 30.3 Å². The van der Waals surface area contributed by atoms with Gasteiger partial charge in [0.15, 0.2) is 9.84 Å². The van der Waals surface area contributed by atoms with Crippen LogP contribution in [-0.4, -0.2) is 37.9 Å². The first-order valence-corrected chi connectivity index (χ1v) is 8.59. The summed E-state index contributed by atoms with van der Waals surface area (Å²) < 4.78 is 23.0. The summed E-state index contributed by atoms with van der Waals surface area (Å²) in [6.07, 6.45) is 1.75. The SMILES string of the molecule is N[C@@H](Cc1ccccc1)C(=O)NC1CCCS(=O)(=O)C1. The van der Waals surface area contributed by atoms with Gasteiger partial charge in [-0.2, -0.15) is 0 Å². The van der Waals surface area contributed by atoms with Crippen LogP contribution in [0, 0.1) is 0 Å². The van der Waals surface area contributed by atoms with Crippen LogP contribution < -0.4 is 11.1 Å². The van der Waals surface area contributed by atoms with Gasteiger partial charge in [-0.05, 0) is 24.8 Å². The number of benzene rings is 1. The molecule has 1 saturated heterocycles. The summed E-state index contributed by atoms with van der Waals surface area (Å²) in [6, 6.07) is 8.57. The van der Waals surface area contributed by atoms with E-state index in [1.165, 1.54) is 0 Å². The maximum atomic E-state index is 12.0. The molecule has 0 bridgehead atoms. The molecule has 1 aliphatic heterocycles. The molecule has 1 aliphatic rings. The smallest absolute Gasteiger partial charge is 0.237 e. The van der Waals surface area contributed by atoms with Gasteiger partial charge in [-0.25, -0.2) is 8.42 Å². The zero-order chi connectivity index (χ0) is 14.6. The van der Waals surface area contributed by atoms with E-state index in [-0.39, 0.29) is 23.5 Å². The molecule has 3 N–H and O–H groups in total. The van der Waals surface area contributed by atoms with Gasteiger partial charge in [0.05, 0.1) is 17.5 Å². The molecule has 1 amide bonds. The standard InChI is InChI=1S/C14H20N2O3S/c15-13(9-11-5-2-1-3-6-11)14(17)16-12-7-4-8-20(18,19)10-12/h1-3,5-6,12-13H,4,7-10,15H2,(H,16,17)/t12?,13-/m0/s1. The van der Waals surface area contributed by atoms with Crippen LogP contribution in [0.25, 0.3) is 0 Å². The Hall–Kier alpha value is -1.40. The Labute approximate surface area is 119 Å². The third-order valence-corrected chi connectivity index (χ3v) is 5.27. The van der Waals surface area contributed by atoms with Crippen molar-refractivity contribution in [1.29, 1.82) is 0 Å². The highest BCUT2D eigenvalue weighted by atomic mass is 32.2. The van der Waals surface area contributed by atoms with Crippen LogP contribution in [0.15, 0.2) is 30.3 Å². The van der Waals surface area contributed by atoms with Gasteiger partial charge in [0, 0.05) is 6.04 Å². The van der Waals surface area contributed by atoms with Gasteiger partial charge < -0.3 is 11.1 Å². The fourth-order valence-electron chi connectivity index (χ4n) is 2.41. The maximum absolute atomic E-state index is 12.0. The highest BCUT2D eigenvalue weighted by molar-refractivity contribution is 7.91. The molecular weight excluding hydrogens is 276 g/mol. The molecule has 0 spiro atoms. The molecule has 1 heterocycles. The highest BCUT2D eigenvalue weighted by Gasteiger charge is 2.27. The van der Waals surface area contributed by atoms with Crippen LogP contribution in [0.4, 0.5) is 0 Å². The molecule has 110 valence electrons.